The van der Waals surface area contributed by atoms with Gasteiger partial charge in [0.1, 0.15) is 0 Å². The molecule has 7 heteroatoms. The van der Waals surface area contributed by atoms with E-state index in [0.717, 1.165) is 4.90 Å². The summed E-state index contributed by atoms with van der Waals surface area (Å²) in [6.07, 6.45) is -3.53. The quantitative estimate of drug-likeness (QED) is 0.687. The third-order valence-corrected chi connectivity index (χ3v) is 3.55. The number of nitrogens with zero attached hydrogens (tertiary/aromatic N) is 1. The van der Waals surface area contributed by atoms with Crippen molar-refractivity contribution in [1.29, 1.82) is 0 Å². The lowest BCUT2D eigenvalue weighted by Crippen LogP contribution is -2.48. The van der Waals surface area contributed by atoms with Crippen LogP contribution in [0.25, 0.3) is 0 Å². The first-order valence-electron chi connectivity index (χ1n) is 5.45. The number of piperidine rings is 1. The van der Waals surface area contributed by atoms with Crippen molar-refractivity contribution in [2.24, 2.45) is 5.41 Å². The van der Waals surface area contributed by atoms with Crippen molar-refractivity contribution in [3.8, 4) is 0 Å². The summed E-state index contributed by atoms with van der Waals surface area (Å²) in [6.45, 7) is 0.667. The average molecular weight is 250 g/mol. The number of hydrogen-bond acceptors (Lipinski definition) is 2. The molecule has 2 fully saturated rings. The second-order valence-corrected chi connectivity index (χ2v) is 4.74. The minimum atomic E-state index is -4.80. The molecule has 0 saturated carbocycles. The van der Waals surface area contributed by atoms with Crippen molar-refractivity contribution in [2.45, 2.75) is 25.4 Å². The maximum atomic E-state index is 12.2. The summed E-state index contributed by atoms with van der Waals surface area (Å²) < 4.78 is 36.6. The van der Waals surface area contributed by atoms with Crippen LogP contribution in [0.2, 0.25) is 0 Å². The van der Waals surface area contributed by atoms with Gasteiger partial charge in [0.2, 0.25) is 5.91 Å². The molecule has 4 nitrogen and oxygen atoms in total. The predicted molar refractivity (Wildman–Crippen MR) is 51.9 cm³/mol. The third-order valence-electron chi connectivity index (χ3n) is 3.55. The van der Waals surface area contributed by atoms with Gasteiger partial charge in [0.25, 0.3) is 0 Å². The van der Waals surface area contributed by atoms with Crippen LogP contribution in [0.1, 0.15) is 19.3 Å². The van der Waals surface area contributed by atoms with Crippen LogP contribution in [0.15, 0.2) is 0 Å². The fraction of sp³-hybridized carbons (Fsp3) is 0.800. The van der Waals surface area contributed by atoms with E-state index < -0.39 is 12.1 Å². The highest BCUT2D eigenvalue weighted by atomic mass is 19.4. The molecule has 2 amide bonds. The lowest BCUT2D eigenvalue weighted by atomic mass is 9.77. The molecule has 2 rings (SSSR count). The Bertz CT molecular complexity index is 346. The number of rotatable bonds is 0. The van der Waals surface area contributed by atoms with Gasteiger partial charge in [-0.05, 0) is 18.3 Å². The summed E-state index contributed by atoms with van der Waals surface area (Å²) >= 11 is 0. The van der Waals surface area contributed by atoms with E-state index in [1.54, 1.807) is 0 Å². The number of alkyl halides is 3. The summed E-state index contributed by atoms with van der Waals surface area (Å²) in [7, 11) is 0. The zero-order chi connectivity index (χ0) is 12.7. The van der Waals surface area contributed by atoms with Gasteiger partial charge >= 0.3 is 12.1 Å². The van der Waals surface area contributed by atoms with Crippen molar-refractivity contribution < 1.29 is 22.8 Å². The molecule has 0 atom stereocenters. The Kier molecular flexibility index (Phi) is 2.79. The molecule has 96 valence electrons. The first-order valence-corrected chi connectivity index (χ1v) is 5.45. The van der Waals surface area contributed by atoms with Gasteiger partial charge in [-0.2, -0.15) is 13.2 Å². The summed E-state index contributed by atoms with van der Waals surface area (Å²) in [5.74, 6) is -1.83. The molecule has 17 heavy (non-hydrogen) atoms. The second-order valence-electron chi connectivity index (χ2n) is 4.74. The van der Waals surface area contributed by atoms with Gasteiger partial charge < -0.3 is 10.2 Å². The molecule has 0 unspecified atom stereocenters. The minimum Gasteiger partial charge on any atom is -0.356 e. The van der Waals surface area contributed by atoms with Crippen LogP contribution < -0.4 is 5.32 Å². The SMILES string of the molecule is O=C1CC2(CCN(C(=O)C(F)(F)F)CC2)CN1. The number of amides is 2. The third kappa shape index (κ3) is 2.37. The Morgan fingerprint density at radius 3 is 2.29 bits per heavy atom. The fourth-order valence-electron chi connectivity index (χ4n) is 2.47. The Balaban J connectivity index is 1.95. The number of carbonyl (C=O) groups is 2. The van der Waals surface area contributed by atoms with E-state index in [1.165, 1.54) is 0 Å². The van der Waals surface area contributed by atoms with Gasteiger partial charge in [-0.1, -0.05) is 0 Å². The standard InChI is InChI=1S/C10H13F3N2O2/c11-10(12,13)8(17)15-3-1-9(2-4-15)5-7(16)14-6-9/h1-6H2,(H,14,16). The van der Waals surface area contributed by atoms with Crippen LogP contribution in [0.4, 0.5) is 13.2 Å². The second kappa shape index (κ2) is 3.89. The lowest BCUT2D eigenvalue weighted by molar-refractivity contribution is -0.187. The number of halogens is 3. The molecule has 1 N–H and O–H groups in total. The summed E-state index contributed by atoms with van der Waals surface area (Å²) in [5, 5.41) is 2.69. The smallest absolute Gasteiger partial charge is 0.356 e. The molecule has 1 spiro atoms. The number of likely N-dealkylation sites (tertiary alicyclic amines) is 1. The zero-order valence-electron chi connectivity index (χ0n) is 9.14. The maximum Gasteiger partial charge on any atom is 0.471 e. The summed E-state index contributed by atoms with van der Waals surface area (Å²) in [5.41, 5.74) is -0.237. The van der Waals surface area contributed by atoms with Crippen LogP contribution in [-0.2, 0) is 9.59 Å². The Labute approximate surface area is 96.1 Å². The van der Waals surface area contributed by atoms with Crippen LogP contribution in [0.3, 0.4) is 0 Å². The van der Waals surface area contributed by atoms with Gasteiger partial charge in [0.05, 0.1) is 0 Å². The molecule has 0 aromatic heterocycles. The van der Waals surface area contributed by atoms with Crippen molar-refractivity contribution in [3.05, 3.63) is 0 Å². The predicted octanol–water partition coefficient (Wildman–Crippen LogP) is 0.677. The highest BCUT2D eigenvalue weighted by Gasteiger charge is 2.47. The maximum absolute atomic E-state index is 12.2. The summed E-state index contributed by atoms with van der Waals surface area (Å²) in [6, 6.07) is 0. The Hall–Kier alpha value is -1.27. The van der Waals surface area contributed by atoms with E-state index >= 15 is 0 Å². The van der Waals surface area contributed by atoms with E-state index in [0.29, 0.717) is 25.8 Å². The van der Waals surface area contributed by atoms with Crippen LogP contribution in [0.5, 0.6) is 0 Å². The molecule has 0 aromatic rings. The molecule has 0 aliphatic carbocycles. The van der Waals surface area contributed by atoms with E-state index in [-0.39, 0.29) is 24.4 Å². The average Bonchev–Trinajstić information content (AvgIpc) is 2.59. The molecule has 2 aliphatic heterocycles. The van der Waals surface area contributed by atoms with Gasteiger partial charge in [0, 0.05) is 26.1 Å². The van der Waals surface area contributed by atoms with E-state index in [4.69, 9.17) is 0 Å². The molecular weight excluding hydrogens is 237 g/mol. The molecule has 0 aromatic carbocycles. The van der Waals surface area contributed by atoms with Crippen molar-refractivity contribution in [3.63, 3.8) is 0 Å². The van der Waals surface area contributed by atoms with Crippen molar-refractivity contribution in [2.75, 3.05) is 19.6 Å². The molecule has 0 bridgehead atoms. The molecule has 2 aliphatic rings. The fourth-order valence-corrected chi connectivity index (χ4v) is 2.47. The van der Waals surface area contributed by atoms with Gasteiger partial charge in [0.15, 0.2) is 0 Å². The van der Waals surface area contributed by atoms with E-state index in [2.05, 4.69) is 5.32 Å². The number of carbonyl (C=O) groups excluding carboxylic acids is 2. The lowest BCUT2D eigenvalue weighted by Gasteiger charge is -2.38. The number of hydrogen-bond donors (Lipinski definition) is 1. The topological polar surface area (TPSA) is 49.4 Å². The van der Waals surface area contributed by atoms with Crippen LogP contribution in [-0.4, -0.2) is 42.5 Å². The van der Waals surface area contributed by atoms with Gasteiger partial charge in [-0.3, -0.25) is 9.59 Å². The van der Waals surface area contributed by atoms with Crippen molar-refractivity contribution in [1.82, 2.24) is 10.2 Å². The zero-order valence-corrected chi connectivity index (χ0v) is 9.14. The highest BCUT2D eigenvalue weighted by molar-refractivity contribution is 5.82. The normalized spacial score (nSPS) is 23.9. The van der Waals surface area contributed by atoms with Crippen LogP contribution >= 0.6 is 0 Å². The van der Waals surface area contributed by atoms with E-state index in [9.17, 15) is 22.8 Å². The minimum absolute atomic E-state index is 0.0550. The van der Waals surface area contributed by atoms with E-state index in [1.807, 2.05) is 0 Å². The molecular formula is C10H13F3N2O2. The Morgan fingerprint density at radius 2 is 1.88 bits per heavy atom. The first-order chi connectivity index (χ1) is 7.82. The van der Waals surface area contributed by atoms with Gasteiger partial charge in [-0.25, -0.2) is 0 Å². The summed E-state index contributed by atoms with van der Waals surface area (Å²) in [4.78, 5) is 23.0. The van der Waals surface area contributed by atoms with Gasteiger partial charge in [-0.15, -0.1) is 0 Å². The molecule has 2 heterocycles. The molecule has 2 saturated heterocycles. The largest absolute Gasteiger partial charge is 0.471 e. The first kappa shape index (κ1) is 12.2. The highest BCUT2D eigenvalue weighted by Crippen LogP contribution is 2.38. The molecule has 0 radical (unpaired) electrons. The number of nitrogens with one attached hydrogen (secondary N) is 1. The van der Waals surface area contributed by atoms with Crippen molar-refractivity contribution >= 4 is 11.8 Å². The van der Waals surface area contributed by atoms with Crippen LogP contribution in [0, 0.1) is 5.41 Å². The monoisotopic (exact) mass is 250 g/mol. The Morgan fingerprint density at radius 1 is 1.29 bits per heavy atom.